The number of thioether (sulfide) groups is 1. The summed E-state index contributed by atoms with van der Waals surface area (Å²) in [5, 5.41) is 16.7. The van der Waals surface area contributed by atoms with Gasteiger partial charge in [-0.05, 0) is 18.4 Å². The van der Waals surface area contributed by atoms with Crippen molar-refractivity contribution < 1.29 is 32.2 Å². The van der Waals surface area contributed by atoms with Crippen LogP contribution in [0.5, 0.6) is 0 Å². The summed E-state index contributed by atoms with van der Waals surface area (Å²) in [4.78, 5) is 10.2. The van der Waals surface area contributed by atoms with E-state index in [0.717, 1.165) is 5.75 Å². The van der Waals surface area contributed by atoms with Crippen molar-refractivity contribution >= 4 is 17.7 Å². The van der Waals surface area contributed by atoms with Crippen molar-refractivity contribution in [2.45, 2.75) is 12.5 Å². The van der Waals surface area contributed by atoms with E-state index in [1.165, 1.54) is 0 Å². The van der Waals surface area contributed by atoms with Crippen molar-refractivity contribution in [3.05, 3.63) is 0 Å². The second-order valence-electron chi connectivity index (χ2n) is 1.80. The first kappa shape index (κ1) is 13.8. The summed E-state index contributed by atoms with van der Waals surface area (Å²) < 4.78 is 0. The number of carboxylic acid groups (broad SMARTS) is 1. The predicted molar refractivity (Wildman–Crippen MR) is 39.3 cm³/mol. The SMILES string of the molecule is CSCC[C@H](NO)C(=O)O.[Fe]. The molecule has 0 aromatic rings. The van der Waals surface area contributed by atoms with E-state index < -0.39 is 12.0 Å². The molecule has 3 N–H and O–H groups in total. The summed E-state index contributed by atoms with van der Waals surface area (Å²) >= 11 is 1.55. The van der Waals surface area contributed by atoms with Gasteiger partial charge in [-0.25, -0.2) is 0 Å². The summed E-state index contributed by atoms with van der Waals surface area (Å²) in [6, 6.07) is -0.826. The zero-order valence-electron chi connectivity index (χ0n) is 6.06. The van der Waals surface area contributed by atoms with Gasteiger partial charge in [-0.3, -0.25) is 4.79 Å². The van der Waals surface area contributed by atoms with Crippen LogP contribution in [0.25, 0.3) is 0 Å². The van der Waals surface area contributed by atoms with Crippen LogP contribution in [0.15, 0.2) is 0 Å². The Labute approximate surface area is 80.2 Å². The topological polar surface area (TPSA) is 69.6 Å². The average Bonchev–Trinajstić information content (AvgIpc) is 1.89. The molecule has 0 fully saturated rings. The van der Waals surface area contributed by atoms with Gasteiger partial charge in [0.25, 0.3) is 0 Å². The van der Waals surface area contributed by atoms with Crippen LogP contribution >= 0.6 is 11.8 Å². The molecule has 0 rings (SSSR count). The van der Waals surface area contributed by atoms with Crippen molar-refractivity contribution in [1.82, 2.24) is 5.48 Å². The fraction of sp³-hybridized carbons (Fsp3) is 0.800. The molecule has 68 valence electrons. The Morgan fingerprint density at radius 2 is 2.27 bits per heavy atom. The second-order valence-corrected chi connectivity index (χ2v) is 2.79. The molecule has 0 aromatic heterocycles. The molecule has 0 aliphatic rings. The summed E-state index contributed by atoms with van der Waals surface area (Å²) in [7, 11) is 0. The van der Waals surface area contributed by atoms with Gasteiger partial charge < -0.3 is 10.3 Å². The van der Waals surface area contributed by atoms with Crippen LogP contribution in [-0.4, -0.2) is 34.3 Å². The normalized spacial score (nSPS) is 11.8. The van der Waals surface area contributed by atoms with Crippen LogP contribution in [0.1, 0.15) is 6.42 Å². The fourth-order valence-corrected chi connectivity index (χ4v) is 0.950. The van der Waals surface area contributed by atoms with Crippen molar-refractivity contribution in [1.29, 1.82) is 0 Å². The number of nitrogens with one attached hydrogen (secondary N) is 1. The van der Waals surface area contributed by atoms with E-state index in [9.17, 15) is 4.79 Å². The van der Waals surface area contributed by atoms with E-state index in [1.54, 1.807) is 17.2 Å². The molecular formula is C5H11FeNO3S. The maximum atomic E-state index is 10.2. The second kappa shape index (κ2) is 8.36. The average molecular weight is 221 g/mol. The van der Waals surface area contributed by atoms with E-state index in [1.807, 2.05) is 6.26 Å². The van der Waals surface area contributed by atoms with Crippen molar-refractivity contribution in [2.75, 3.05) is 12.0 Å². The predicted octanol–water partition coefficient (Wildman–Crippen LogP) is 0.169. The van der Waals surface area contributed by atoms with Crippen molar-refractivity contribution in [3.63, 3.8) is 0 Å². The first-order valence-electron chi connectivity index (χ1n) is 2.83. The molecule has 0 radical (unpaired) electrons. The number of carboxylic acids is 1. The third-order valence-corrected chi connectivity index (χ3v) is 1.71. The first-order valence-corrected chi connectivity index (χ1v) is 4.23. The molecular weight excluding hydrogens is 210 g/mol. The molecule has 0 spiro atoms. The zero-order valence-corrected chi connectivity index (χ0v) is 7.98. The maximum absolute atomic E-state index is 10.2. The number of hydrogen-bond acceptors (Lipinski definition) is 4. The van der Waals surface area contributed by atoms with E-state index in [-0.39, 0.29) is 17.1 Å². The van der Waals surface area contributed by atoms with Crippen LogP contribution in [0.4, 0.5) is 0 Å². The number of hydroxylamine groups is 1. The van der Waals surface area contributed by atoms with Gasteiger partial charge in [0, 0.05) is 17.1 Å². The van der Waals surface area contributed by atoms with Crippen molar-refractivity contribution in [3.8, 4) is 0 Å². The molecule has 0 saturated heterocycles. The first-order chi connectivity index (χ1) is 4.72. The fourth-order valence-electron chi connectivity index (χ4n) is 0.479. The molecule has 0 aliphatic heterocycles. The quantitative estimate of drug-likeness (QED) is 0.456. The smallest absolute Gasteiger partial charge is 0.323 e. The Kier molecular flexibility index (Phi) is 10.5. The van der Waals surface area contributed by atoms with E-state index in [2.05, 4.69) is 0 Å². The summed E-state index contributed by atoms with van der Waals surface area (Å²) in [6.45, 7) is 0. The van der Waals surface area contributed by atoms with Crippen LogP contribution in [0.3, 0.4) is 0 Å². The van der Waals surface area contributed by atoms with Gasteiger partial charge in [-0.15, -0.1) is 0 Å². The summed E-state index contributed by atoms with van der Waals surface area (Å²) in [6.07, 6.45) is 2.32. The number of hydrogen-bond donors (Lipinski definition) is 3. The van der Waals surface area contributed by atoms with Gasteiger partial charge in [0.2, 0.25) is 0 Å². The van der Waals surface area contributed by atoms with Crippen LogP contribution in [0.2, 0.25) is 0 Å². The Morgan fingerprint density at radius 3 is 2.55 bits per heavy atom. The van der Waals surface area contributed by atoms with Gasteiger partial charge in [0.05, 0.1) is 0 Å². The molecule has 0 bridgehead atoms. The summed E-state index contributed by atoms with van der Waals surface area (Å²) in [5.41, 5.74) is 1.72. The monoisotopic (exact) mass is 221 g/mol. The third-order valence-electron chi connectivity index (χ3n) is 1.06. The van der Waals surface area contributed by atoms with Crippen LogP contribution in [-0.2, 0) is 21.9 Å². The Bertz CT molecular complexity index is 114. The molecule has 0 aliphatic carbocycles. The third kappa shape index (κ3) is 6.65. The van der Waals surface area contributed by atoms with Gasteiger partial charge in [-0.2, -0.15) is 17.2 Å². The van der Waals surface area contributed by atoms with Gasteiger partial charge in [0.15, 0.2) is 0 Å². The van der Waals surface area contributed by atoms with E-state index in [4.69, 9.17) is 10.3 Å². The zero-order chi connectivity index (χ0) is 7.98. The summed E-state index contributed by atoms with van der Waals surface area (Å²) in [5.74, 6) is -0.290. The standard InChI is InChI=1S/C5H11NO3S.Fe/c1-10-3-2-4(6-9)5(7)8;/h4,6,9H,2-3H2,1H3,(H,7,8);/t4-;/m0./s1. The Morgan fingerprint density at radius 1 is 1.73 bits per heavy atom. The maximum Gasteiger partial charge on any atom is 0.323 e. The molecule has 0 heterocycles. The van der Waals surface area contributed by atoms with Crippen LogP contribution < -0.4 is 5.48 Å². The Hall–Kier alpha value is 0.259. The molecule has 11 heavy (non-hydrogen) atoms. The molecule has 0 aromatic carbocycles. The molecule has 0 saturated carbocycles. The molecule has 1 atom stereocenters. The van der Waals surface area contributed by atoms with Crippen LogP contribution in [0, 0.1) is 0 Å². The van der Waals surface area contributed by atoms with Gasteiger partial charge in [-0.1, -0.05) is 0 Å². The minimum Gasteiger partial charge on any atom is -0.480 e. The Balaban J connectivity index is 0. The van der Waals surface area contributed by atoms with Gasteiger partial charge >= 0.3 is 5.97 Å². The molecule has 4 nitrogen and oxygen atoms in total. The molecule has 6 heteroatoms. The molecule has 0 amide bonds. The van der Waals surface area contributed by atoms with E-state index >= 15 is 0 Å². The van der Waals surface area contributed by atoms with E-state index in [0.29, 0.717) is 6.42 Å². The minimum atomic E-state index is -1.02. The number of rotatable bonds is 5. The number of carbonyl (C=O) groups is 1. The largest absolute Gasteiger partial charge is 0.480 e. The molecule has 0 unspecified atom stereocenters. The number of aliphatic carboxylic acids is 1. The van der Waals surface area contributed by atoms with Gasteiger partial charge in [0.1, 0.15) is 6.04 Å². The minimum absolute atomic E-state index is 0. The van der Waals surface area contributed by atoms with Crippen molar-refractivity contribution in [2.24, 2.45) is 0 Å².